The molecule has 1 aromatic carbocycles. The Morgan fingerprint density at radius 3 is 2.57 bits per heavy atom. The summed E-state index contributed by atoms with van der Waals surface area (Å²) in [5.41, 5.74) is 1.14. The Bertz CT molecular complexity index is 762. The number of aromatic hydroxyl groups is 1. The van der Waals surface area contributed by atoms with Gasteiger partial charge in [0.05, 0.1) is 16.9 Å². The minimum Gasteiger partial charge on any atom is -0.506 e. The number of phenols is 1. The maximum Gasteiger partial charge on any atom is 0.192 e. The largest absolute Gasteiger partial charge is 0.506 e. The van der Waals surface area contributed by atoms with Gasteiger partial charge >= 0.3 is 0 Å². The predicted octanol–water partition coefficient (Wildman–Crippen LogP) is 3.11. The number of sulfone groups is 1. The summed E-state index contributed by atoms with van der Waals surface area (Å²) in [6, 6.07) is 6.04. The van der Waals surface area contributed by atoms with Crippen molar-refractivity contribution in [3.05, 3.63) is 46.1 Å². The zero-order valence-corrected chi connectivity index (χ0v) is 13.3. The number of hydrogen-bond donors (Lipinski definition) is 2. The third kappa shape index (κ3) is 4.00. The summed E-state index contributed by atoms with van der Waals surface area (Å²) >= 11 is 11.7. The van der Waals surface area contributed by atoms with Crippen molar-refractivity contribution in [2.75, 3.05) is 11.6 Å². The minimum atomic E-state index is -3.32. The van der Waals surface area contributed by atoms with Crippen molar-refractivity contribution in [3.8, 4) is 5.75 Å². The molecule has 1 heterocycles. The quantitative estimate of drug-likeness (QED) is 0.888. The number of aromatic nitrogens is 1. The van der Waals surface area contributed by atoms with Crippen LogP contribution in [-0.2, 0) is 16.4 Å². The smallest absolute Gasteiger partial charge is 0.192 e. The molecule has 0 radical (unpaired) electrons. The first-order chi connectivity index (χ1) is 9.77. The molecule has 1 aromatic heterocycles. The van der Waals surface area contributed by atoms with Crippen LogP contribution in [0, 0.1) is 0 Å². The first-order valence-electron chi connectivity index (χ1n) is 5.84. The standard InChI is InChI=1S/C13H12Cl2N2O3S/c1-21(19,20)12-3-2-10(7-17-12)16-6-8-4-9(14)5-11(15)13(8)18/h2-5,7,16,18H,6H2,1H3. The monoisotopic (exact) mass is 346 g/mol. The molecule has 0 aliphatic carbocycles. The summed E-state index contributed by atoms with van der Waals surface area (Å²) in [5.74, 6) is -0.0470. The van der Waals surface area contributed by atoms with E-state index in [-0.39, 0.29) is 22.3 Å². The summed E-state index contributed by atoms with van der Waals surface area (Å²) < 4.78 is 22.6. The molecule has 8 heteroatoms. The Labute approximate surface area is 132 Å². The van der Waals surface area contributed by atoms with Crippen LogP contribution in [0.5, 0.6) is 5.75 Å². The van der Waals surface area contributed by atoms with Gasteiger partial charge in [0.2, 0.25) is 0 Å². The number of rotatable bonds is 4. The van der Waals surface area contributed by atoms with Crippen LogP contribution in [0.15, 0.2) is 35.5 Å². The van der Waals surface area contributed by atoms with E-state index in [0.29, 0.717) is 16.3 Å². The fraction of sp³-hybridized carbons (Fsp3) is 0.154. The fourth-order valence-electron chi connectivity index (χ4n) is 1.66. The molecule has 0 spiro atoms. The number of anilines is 1. The molecule has 0 fully saturated rings. The SMILES string of the molecule is CS(=O)(=O)c1ccc(NCc2cc(Cl)cc(Cl)c2O)cn1. The lowest BCUT2D eigenvalue weighted by Crippen LogP contribution is -2.03. The van der Waals surface area contributed by atoms with Crippen molar-refractivity contribution in [2.24, 2.45) is 0 Å². The summed E-state index contributed by atoms with van der Waals surface area (Å²) in [7, 11) is -3.32. The van der Waals surface area contributed by atoms with Gasteiger partial charge in [0.1, 0.15) is 5.75 Å². The lowest BCUT2D eigenvalue weighted by Gasteiger charge is -2.10. The van der Waals surface area contributed by atoms with Crippen LogP contribution in [0.25, 0.3) is 0 Å². The highest BCUT2D eigenvalue weighted by Crippen LogP contribution is 2.31. The highest BCUT2D eigenvalue weighted by Gasteiger charge is 2.10. The molecule has 5 nitrogen and oxygen atoms in total. The number of nitrogens with one attached hydrogen (secondary N) is 1. The Morgan fingerprint density at radius 1 is 1.29 bits per heavy atom. The van der Waals surface area contributed by atoms with Gasteiger partial charge in [0.25, 0.3) is 0 Å². The zero-order chi connectivity index (χ0) is 15.6. The molecule has 0 saturated heterocycles. The van der Waals surface area contributed by atoms with Gasteiger partial charge < -0.3 is 10.4 Å². The fourth-order valence-corrected chi connectivity index (χ4v) is 2.75. The van der Waals surface area contributed by atoms with Crippen LogP contribution in [0.3, 0.4) is 0 Å². The first kappa shape index (κ1) is 15.9. The summed E-state index contributed by atoms with van der Waals surface area (Å²) in [4.78, 5) is 3.85. The van der Waals surface area contributed by atoms with E-state index < -0.39 is 9.84 Å². The maximum atomic E-state index is 11.3. The second-order valence-electron chi connectivity index (χ2n) is 4.41. The molecule has 0 unspecified atom stereocenters. The summed E-state index contributed by atoms with van der Waals surface area (Å²) in [6.07, 6.45) is 2.49. The Balaban J connectivity index is 2.14. The van der Waals surface area contributed by atoms with Gasteiger partial charge in [0, 0.05) is 23.4 Å². The molecule has 2 aromatic rings. The van der Waals surface area contributed by atoms with Crippen LogP contribution in [0.2, 0.25) is 10.0 Å². The summed E-state index contributed by atoms with van der Waals surface area (Å²) in [6.45, 7) is 0.270. The number of pyridine rings is 1. The maximum absolute atomic E-state index is 11.3. The van der Waals surface area contributed by atoms with Gasteiger partial charge in [0.15, 0.2) is 14.9 Å². The Hall–Kier alpha value is -1.50. The lowest BCUT2D eigenvalue weighted by atomic mass is 10.2. The highest BCUT2D eigenvalue weighted by molar-refractivity contribution is 7.90. The molecule has 0 bridgehead atoms. The number of phenolic OH excluding ortho intramolecular Hbond substituents is 1. The highest BCUT2D eigenvalue weighted by atomic mass is 35.5. The molecule has 2 rings (SSSR count). The molecular weight excluding hydrogens is 335 g/mol. The summed E-state index contributed by atoms with van der Waals surface area (Å²) in [5, 5.41) is 13.4. The van der Waals surface area contributed by atoms with Gasteiger partial charge in [-0.3, -0.25) is 0 Å². The van der Waals surface area contributed by atoms with Crippen molar-refractivity contribution in [3.63, 3.8) is 0 Å². The van der Waals surface area contributed by atoms with Gasteiger partial charge in [-0.25, -0.2) is 13.4 Å². The molecule has 0 atom stereocenters. The van der Waals surface area contributed by atoms with Crippen LogP contribution in [-0.4, -0.2) is 24.8 Å². The van der Waals surface area contributed by atoms with Gasteiger partial charge in [-0.15, -0.1) is 0 Å². The number of benzene rings is 1. The first-order valence-corrected chi connectivity index (χ1v) is 8.49. The molecule has 2 N–H and O–H groups in total. The van der Waals surface area contributed by atoms with E-state index >= 15 is 0 Å². The molecule has 0 saturated carbocycles. The molecular formula is C13H12Cl2N2O3S. The molecule has 0 aliphatic rings. The number of halogens is 2. The Morgan fingerprint density at radius 2 is 2.00 bits per heavy atom. The number of nitrogens with zero attached hydrogens (tertiary/aromatic N) is 1. The van der Waals surface area contributed by atoms with Crippen molar-refractivity contribution < 1.29 is 13.5 Å². The van der Waals surface area contributed by atoms with Crippen molar-refractivity contribution in [1.82, 2.24) is 4.98 Å². The number of hydrogen-bond acceptors (Lipinski definition) is 5. The van der Waals surface area contributed by atoms with Crippen LogP contribution >= 0.6 is 23.2 Å². The van der Waals surface area contributed by atoms with Gasteiger partial charge in [-0.05, 0) is 24.3 Å². The minimum absolute atomic E-state index is 0.00157. The van der Waals surface area contributed by atoms with Gasteiger partial charge in [-0.2, -0.15) is 0 Å². The van der Waals surface area contributed by atoms with Crippen molar-refractivity contribution in [2.45, 2.75) is 11.6 Å². The van der Waals surface area contributed by atoms with E-state index in [1.807, 2.05) is 0 Å². The van der Waals surface area contributed by atoms with Crippen molar-refractivity contribution >= 4 is 38.7 Å². The predicted molar refractivity (Wildman–Crippen MR) is 82.8 cm³/mol. The van der Waals surface area contributed by atoms with E-state index in [2.05, 4.69) is 10.3 Å². The topological polar surface area (TPSA) is 79.3 Å². The lowest BCUT2D eigenvalue weighted by molar-refractivity contribution is 0.469. The third-order valence-electron chi connectivity index (χ3n) is 2.71. The van der Waals surface area contributed by atoms with E-state index in [1.54, 1.807) is 12.1 Å². The van der Waals surface area contributed by atoms with Crippen LogP contribution in [0.1, 0.15) is 5.56 Å². The van der Waals surface area contributed by atoms with Crippen molar-refractivity contribution in [1.29, 1.82) is 0 Å². The zero-order valence-electron chi connectivity index (χ0n) is 11.0. The van der Waals surface area contributed by atoms with Crippen LogP contribution < -0.4 is 5.32 Å². The molecule has 112 valence electrons. The molecule has 21 heavy (non-hydrogen) atoms. The normalized spacial score (nSPS) is 11.4. The second kappa shape index (κ2) is 6.09. The molecule has 0 aliphatic heterocycles. The Kier molecular flexibility index (Phi) is 4.61. The molecule has 0 amide bonds. The van der Waals surface area contributed by atoms with E-state index in [1.165, 1.54) is 18.3 Å². The van der Waals surface area contributed by atoms with E-state index in [9.17, 15) is 13.5 Å². The third-order valence-corrected chi connectivity index (χ3v) is 4.21. The average molecular weight is 347 g/mol. The van der Waals surface area contributed by atoms with Crippen LogP contribution in [0.4, 0.5) is 5.69 Å². The van der Waals surface area contributed by atoms with E-state index in [4.69, 9.17) is 23.2 Å². The second-order valence-corrected chi connectivity index (χ2v) is 7.21. The average Bonchev–Trinajstić information content (AvgIpc) is 2.40. The van der Waals surface area contributed by atoms with E-state index in [0.717, 1.165) is 6.26 Å². The van der Waals surface area contributed by atoms with Gasteiger partial charge in [-0.1, -0.05) is 23.2 Å².